The zero-order valence-corrected chi connectivity index (χ0v) is 15.9. The van der Waals surface area contributed by atoms with Crippen molar-refractivity contribution in [1.82, 2.24) is 10.6 Å². The second-order valence-corrected chi connectivity index (χ2v) is 8.88. The van der Waals surface area contributed by atoms with Gasteiger partial charge in [0.05, 0.1) is 27.3 Å². The number of sulfone groups is 1. The first-order valence-electron chi connectivity index (χ1n) is 8.40. The summed E-state index contributed by atoms with van der Waals surface area (Å²) in [4.78, 5) is 12.6. The summed E-state index contributed by atoms with van der Waals surface area (Å²) in [7, 11) is -3.66. The Bertz CT molecular complexity index is 973. The molecule has 1 aliphatic heterocycles. The number of hydrogen-bond acceptors (Lipinski definition) is 5. The summed E-state index contributed by atoms with van der Waals surface area (Å²) in [5.41, 5.74) is 0.673. The third-order valence-corrected chi connectivity index (χ3v) is 7.19. The van der Waals surface area contributed by atoms with Gasteiger partial charge in [0.2, 0.25) is 5.91 Å². The molecule has 1 aliphatic rings. The second-order valence-electron chi connectivity index (χ2n) is 6.28. The van der Waals surface area contributed by atoms with Gasteiger partial charge in [-0.15, -0.1) is 0 Å². The predicted molar refractivity (Wildman–Crippen MR) is 102 cm³/mol. The van der Waals surface area contributed by atoms with Crippen molar-refractivity contribution in [1.29, 1.82) is 5.26 Å². The van der Waals surface area contributed by atoms with Crippen LogP contribution in [0.25, 0.3) is 0 Å². The molecule has 3 rings (SSSR count). The molecular formula is C19H18ClN3O3S. The summed E-state index contributed by atoms with van der Waals surface area (Å²) in [5.74, 6) is -0.401. The molecule has 3 atom stereocenters. The van der Waals surface area contributed by atoms with E-state index >= 15 is 0 Å². The first kappa shape index (κ1) is 19.4. The van der Waals surface area contributed by atoms with Crippen molar-refractivity contribution in [2.24, 2.45) is 0 Å². The highest BCUT2D eigenvalue weighted by Gasteiger charge is 2.39. The van der Waals surface area contributed by atoms with Gasteiger partial charge < -0.3 is 10.6 Å². The number of carbonyl (C=O) groups is 1. The molecule has 0 saturated carbocycles. The summed E-state index contributed by atoms with van der Waals surface area (Å²) in [6.45, 7) is 0.147. The molecule has 8 heteroatoms. The first-order chi connectivity index (χ1) is 12.9. The standard InChI is InChI=1S/C19H18ClN3O3S/c20-15-8-4-5-9-18(15)27(25,26)14-10-16(22-12-14)19(24)23-17(11-21)13-6-2-1-3-7-13/h1-9,14,16-17,22H,10,12H2,(H,23,24)/t14-,16+,17?/m1/s1. The largest absolute Gasteiger partial charge is 0.335 e. The van der Waals surface area contributed by atoms with Crippen LogP contribution in [0.1, 0.15) is 18.0 Å². The minimum absolute atomic E-state index is 0.0683. The Morgan fingerprint density at radius 1 is 1.19 bits per heavy atom. The maximum Gasteiger partial charge on any atom is 0.238 e. The van der Waals surface area contributed by atoms with Crippen molar-refractivity contribution in [2.75, 3.05) is 6.54 Å². The number of nitrogens with zero attached hydrogens (tertiary/aromatic N) is 1. The number of carbonyl (C=O) groups excluding carboxylic acids is 1. The average Bonchev–Trinajstić information content (AvgIpc) is 3.18. The summed E-state index contributed by atoms with van der Waals surface area (Å²) in [6, 6.07) is 15.7. The number of benzene rings is 2. The van der Waals surface area contributed by atoms with E-state index in [1.54, 1.807) is 36.4 Å². The highest BCUT2D eigenvalue weighted by Crippen LogP contribution is 2.28. The van der Waals surface area contributed by atoms with Crippen LogP contribution in [0, 0.1) is 11.3 Å². The van der Waals surface area contributed by atoms with Crippen molar-refractivity contribution in [3.05, 3.63) is 65.2 Å². The molecule has 0 aromatic heterocycles. The van der Waals surface area contributed by atoms with E-state index in [4.69, 9.17) is 11.6 Å². The van der Waals surface area contributed by atoms with Crippen molar-refractivity contribution >= 4 is 27.3 Å². The molecule has 1 amide bonds. The molecule has 1 unspecified atom stereocenters. The van der Waals surface area contributed by atoms with Crippen molar-refractivity contribution in [3.8, 4) is 6.07 Å². The molecule has 0 bridgehead atoms. The summed E-state index contributed by atoms with van der Waals surface area (Å²) in [6.07, 6.45) is 0.117. The zero-order valence-electron chi connectivity index (χ0n) is 14.3. The van der Waals surface area contributed by atoms with Crippen LogP contribution in [-0.2, 0) is 14.6 Å². The molecule has 1 fully saturated rings. The second kappa shape index (κ2) is 8.09. The van der Waals surface area contributed by atoms with Crippen LogP contribution in [-0.4, -0.2) is 32.2 Å². The van der Waals surface area contributed by atoms with Crippen molar-refractivity contribution in [2.45, 2.75) is 28.6 Å². The van der Waals surface area contributed by atoms with Crippen LogP contribution in [0.15, 0.2) is 59.5 Å². The van der Waals surface area contributed by atoms with Gasteiger partial charge in [-0.2, -0.15) is 5.26 Å². The SMILES string of the molecule is N#CC(NC(=O)[C@@H]1C[C@@H](S(=O)(=O)c2ccccc2Cl)CN1)c1ccccc1. The minimum atomic E-state index is -3.66. The lowest BCUT2D eigenvalue weighted by molar-refractivity contribution is -0.123. The molecule has 1 saturated heterocycles. The molecule has 6 nitrogen and oxygen atoms in total. The number of rotatable bonds is 5. The number of halogens is 1. The maximum absolute atomic E-state index is 12.8. The van der Waals surface area contributed by atoms with Gasteiger partial charge in [-0.3, -0.25) is 4.79 Å². The van der Waals surface area contributed by atoms with Crippen molar-refractivity contribution < 1.29 is 13.2 Å². The fraction of sp³-hybridized carbons (Fsp3) is 0.263. The fourth-order valence-electron chi connectivity index (χ4n) is 3.07. The normalized spacial score (nSPS) is 20.6. The molecule has 2 aromatic carbocycles. The molecule has 0 radical (unpaired) electrons. The molecule has 1 heterocycles. The Hall–Kier alpha value is -2.40. The third kappa shape index (κ3) is 4.14. The Labute approximate surface area is 163 Å². The zero-order chi connectivity index (χ0) is 19.4. The molecule has 140 valence electrons. The van der Waals surface area contributed by atoms with Gasteiger partial charge in [-0.05, 0) is 24.1 Å². The monoisotopic (exact) mass is 403 g/mol. The first-order valence-corrected chi connectivity index (χ1v) is 10.3. The van der Waals surface area contributed by atoms with Gasteiger partial charge in [0.15, 0.2) is 9.84 Å². The van der Waals surface area contributed by atoms with Crippen LogP contribution in [0.2, 0.25) is 5.02 Å². The van der Waals surface area contributed by atoms with E-state index in [2.05, 4.69) is 16.7 Å². The number of nitriles is 1. The number of nitrogens with one attached hydrogen (secondary N) is 2. The molecule has 27 heavy (non-hydrogen) atoms. The highest BCUT2D eigenvalue weighted by molar-refractivity contribution is 7.92. The van der Waals surface area contributed by atoms with E-state index in [-0.39, 0.29) is 22.9 Å². The quantitative estimate of drug-likeness (QED) is 0.797. The molecule has 0 aliphatic carbocycles. The van der Waals surface area contributed by atoms with Crippen molar-refractivity contribution in [3.63, 3.8) is 0 Å². The van der Waals surface area contributed by atoms with E-state index < -0.39 is 33.1 Å². The summed E-state index contributed by atoms with van der Waals surface area (Å²) >= 11 is 6.03. The average molecular weight is 404 g/mol. The lowest BCUT2D eigenvalue weighted by Crippen LogP contribution is -2.41. The van der Waals surface area contributed by atoms with Crippen LogP contribution in [0.5, 0.6) is 0 Å². The van der Waals surface area contributed by atoms with E-state index in [0.717, 1.165) is 0 Å². The smallest absolute Gasteiger partial charge is 0.238 e. The van der Waals surface area contributed by atoms with Gasteiger partial charge in [-0.1, -0.05) is 54.1 Å². The van der Waals surface area contributed by atoms with Crippen LogP contribution < -0.4 is 10.6 Å². The molecule has 2 aromatic rings. The van der Waals surface area contributed by atoms with Gasteiger partial charge in [-0.25, -0.2) is 8.42 Å². The molecular weight excluding hydrogens is 386 g/mol. The lowest BCUT2D eigenvalue weighted by atomic mass is 10.1. The van der Waals surface area contributed by atoms with E-state index in [1.165, 1.54) is 12.1 Å². The Morgan fingerprint density at radius 3 is 2.52 bits per heavy atom. The van der Waals surface area contributed by atoms with Gasteiger partial charge in [0.1, 0.15) is 6.04 Å². The van der Waals surface area contributed by atoms with Gasteiger partial charge in [0.25, 0.3) is 0 Å². The van der Waals surface area contributed by atoms with Gasteiger partial charge >= 0.3 is 0 Å². The predicted octanol–water partition coefficient (Wildman–Crippen LogP) is 2.23. The Morgan fingerprint density at radius 2 is 1.85 bits per heavy atom. The van der Waals surface area contributed by atoms with Crippen LogP contribution in [0.4, 0.5) is 0 Å². The number of amides is 1. The van der Waals surface area contributed by atoms with Crippen LogP contribution >= 0.6 is 11.6 Å². The van der Waals surface area contributed by atoms with E-state index in [9.17, 15) is 18.5 Å². The Balaban J connectivity index is 1.70. The Kier molecular flexibility index (Phi) is 5.80. The van der Waals surface area contributed by atoms with Crippen LogP contribution in [0.3, 0.4) is 0 Å². The molecule has 2 N–H and O–H groups in total. The topological polar surface area (TPSA) is 99.1 Å². The minimum Gasteiger partial charge on any atom is -0.335 e. The summed E-state index contributed by atoms with van der Waals surface area (Å²) < 4.78 is 25.6. The highest BCUT2D eigenvalue weighted by atomic mass is 35.5. The lowest BCUT2D eigenvalue weighted by Gasteiger charge is -2.16. The maximum atomic E-state index is 12.8. The summed E-state index contributed by atoms with van der Waals surface area (Å²) in [5, 5.41) is 14.3. The van der Waals surface area contributed by atoms with E-state index in [1.807, 2.05) is 6.07 Å². The van der Waals surface area contributed by atoms with E-state index in [0.29, 0.717) is 5.56 Å². The fourth-order valence-corrected chi connectivity index (χ4v) is 5.26. The number of hydrogen-bond donors (Lipinski definition) is 2. The third-order valence-electron chi connectivity index (χ3n) is 4.54. The molecule has 0 spiro atoms. The van der Waals surface area contributed by atoms with Gasteiger partial charge in [0, 0.05) is 6.54 Å².